The van der Waals surface area contributed by atoms with Crippen molar-refractivity contribution in [1.82, 2.24) is 10.2 Å². The number of thioether (sulfide) groups is 1. The maximum Gasteiger partial charge on any atom is 0.410 e. The van der Waals surface area contributed by atoms with Crippen molar-refractivity contribution in [2.24, 2.45) is 0 Å². The lowest BCUT2D eigenvalue weighted by atomic mass is 10.1. The van der Waals surface area contributed by atoms with Gasteiger partial charge in [0.15, 0.2) is 0 Å². The molecule has 0 radical (unpaired) electrons. The molecule has 1 N–H and O–H groups in total. The summed E-state index contributed by atoms with van der Waals surface area (Å²) in [6, 6.07) is 9.11. The van der Waals surface area contributed by atoms with Crippen molar-refractivity contribution in [1.29, 1.82) is 0 Å². The van der Waals surface area contributed by atoms with E-state index in [2.05, 4.69) is 5.32 Å². The Hall–Kier alpha value is -1.69. The largest absolute Gasteiger partial charge is 0.445 e. The zero-order valence-corrected chi connectivity index (χ0v) is 12.9. The van der Waals surface area contributed by atoms with Crippen molar-refractivity contribution in [3.05, 3.63) is 35.9 Å². The number of hydrogen-bond acceptors (Lipinski definition) is 4. The first-order chi connectivity index (χ1) is 10.2. The number of amides is 2. The van der Waals surface area contributed by atoms with E-state index in [0.717, 1.165) is 11.3 Å². The fraction of sp³-hybridized carbons (Fsp3) is 0.467. The predicted molar refractivity (Wildman–Crippen MR) is 83.1 cm³/mol. The SMILES string of the molecule is CSCCC1C(=O)NCCN1C(=O)OCc1ccccc1. The first-order valence-electron chi connectivity index (χ1n) is 6.96. The van der Waals surface area contributed by atoms with Gasteiger partial charge in [-0.25, -0.2) is 4.79 Å². The van der Waals surface area contributed by atoms with Crippen LogP contribution in [0.4, 0.5) is 4.79 Å². The molecule has 2 amide bonds. The van der Waals surface area contributed by atoms with Crippen molar-refractivity contribution < 1.29 is 14.3 Å². The standard InChI is InChI=1S/C15H20N2O3S/c1-21-10-7-13-14(18)16-8-9-17(13)15(19)20-11-12-5-3-2-4-6-12/h2-6,13H,7-11H2,1H3,(H,16,18). The van der Waals surface area contributed by atoms with E-state index in [9.17, 15) is 9.59 Å². The molecule has 0 bridgehead atoms. The Labute approximate surface area is 129 Å². The Morgan fingerprint density at radius 1 is 1.43 bits per heavy atom. The highest BCUT2D eigenvalue weighted by atomic mass is 32.2. The molecule has 1 atom stereocenters. The fourth-order valence-electron chi connectivity index (χ4n) is 2.25. The molecule has 1 aromatic carbocycles. The number of ether oxygens (including phenoxy) is 1. The third kappa shape index (κ3) is 4.39. The molecule has 0 aliphatic carbocycles. The molecule has 1 aromatic rings. The molecule has 1 aliphatic heterocycles. The summed E-state index contributed by atoms with van der Waals surface area (Å²) in [5.41, 5.74) is 0.938. The summed E-state index contributed by atoms with van der Waals surface area (Å²) in [5, 5.41) is 2.80. The van der Waals surface area contributed by atoms with Crippen LogP contribution in [-0.2, 0) is 16.1 Å². The monoisotopic (exact) mass is 308 g/mol. The van der Waals surface area contributed by atoms with Gasteiger partial charge >= 0.3 is 6.09 Å². The Morgan fingerprint density at radius 3 is 2.90 bits per heavy atom. The molecule has 1 heterocycles. The van der Waals surface area contributed by atoms with E-state index in [1.165, 1.54) is 4.90 Å². The van der Waals surface area contributed by atoms with Crippen molar-refractivity contribution in [3.8, 4) is 0 Å². The van der Waals surface area contributed by atoms with Gasteiger partial charge in [-0.05, 0) is 24.0 Å². The molecular weight excluding hydrogens is 288 g/mol. The van der Waals surface area contributed by atoms with Crippen LogP contribution in [-0.4, -0.2) is 48.0 Å². The topological polar surface area (TPSA) is 58.6 Å². The van der Waals surface area contributed by atoms with Gasteiger partial charge in [-0.3, -0.25) is 9.69 Å². The highest BCUT2D eigenvalue weighted by molar-refractivity contribution is 7.98. The molecule has 6 heteroatoms. The summed E-state index contributed by atoms with van der Waals surface area (Å²) in [4.78, 5) is 25.7. The summed E-state index contributed by atoms with van der Waals surface area (Å²) >= 11 is 1.66. The van der Waals surface area contributed by atoms with E-state index >= 15 is 0 Å². The van der Waals surface area contributed by atoms with Gasteiger partial charge in [0.2, 0.25) is 5.91 Å². The molecule has 0 spiro atoms. The molecule has 114 valence electrons. The van der Waals surface area contributed by atoms with E-state index in [0.29, 0.717) is 19.5 Å². The molecule has 1 aliphatic rings. The van der Waals surface area contributed by atoms with E-state index in [1.54, 1.807) is 11.8 Å². The molecule has 5 nitrogen and oxygen atoms in total. The smallest absolute Gasteiger partial charge is 0.410 e. The number of rotatable bonds is 5. The van der Waals surface area contributed by atoms with E-state index in [1.807, 2.05) is 36.6 Å². The lowest BCUT2D eigenvalue weighted by molar-refractivity contribution is -0.128. The molecule has 2 rings (SSSR count). The van der Waals surface area contributed by atoms with Crippen LogP contribution < -0.4 is 5.32 Å². The Bertz CT molecular complexity index is 481. The summed E-state index contributed by atoms with van der Waals surface area (Å²) in [5.74, 6) is 0.743. The molecule has 1 unspecified atom stereocenters. The predicted octanol–water partition coefficient (Wildman–Crippen LogP) is 1.88. The minimum absolute atomic E-state index is 0.0908. The highest BCUT2D eigenvalue weighted by Crippen LogP contribution is 2.14. The number of piperazine rings is 1. The molecular formula is C15H20N2O3S. The van der Waals surface area contributed by atoms with Crippen LogP contribution in [0.25, 0.3) is 0 Å². The minimum atomic E-state index is -0.422. The molecule has 0 saturated carbocycles. The maximum absolute atomic E-state index is 12.2. The Balaban J connectivity index is 1.93. The van der Waals surface area contributed by atoms with Crippen LogP contribution in [0, 0.1) is 0 Å². The third-order valence-corrected chi connectivity index (χ3v) is 4.01. The second-order valence-electron chi connectivity index (χ2n) is 4.82. The third-order valence-electron chi connectivity index (χ3n) is 3.37. The zero-order chi connectivity index (χ0) is 15.1. The van der Waals surface area contributed by atoms with Crippen LogP contribution in [0.15, 0.2) is 30.3 Å². The fourth-order valence-corrected chi connectivity index (χ4v) is 2.71. The van der Waals surface area contributed by atoms with Crippen LogP contribution >= 0.6 is 11.8 Å². The molecule has 0 aromatic heterocycles. The highest BCUT2D eigenvalue weighted by Gasteiger charge is 2.33. The molecule has 1 saturated heterocycles. The van der Waals surface area contributed by atoms with E-state index in [-0.39, 0.29) is 12.5 Å². The normalized spacial score (nSPS) is 18.2. The van der Waals surface area contributed by atoms with Gasteiger partial charge < -0.3 is 10.1 Å². The average molecular weight is 308 g/mol. The van der Waals surface area contributed by atoms with Crippen LogP contribution in [0.1, 0.15) is 12.0 Å². The Morgan fingerprint density at radius 2 is 2.19 bits per heavy atom. The summed E-state index contributed by atoms with van der Waals surface area (Å²) in [6.07, 6.45) is 2.21. The second-order valence-corrected chi connectivity index (χ2v) is 5.81. The number of benzene rings is 1. The molecule has 1 fully saturated rings. The lowest BCUT2D eigenvalue weighted by Gasteiger charge is -2.34. The van der Waals surface area contributed by atoms with Crippen LogP contribution in [0.5, 0.6) is 0 Å². The number of nitrogens with zero attached hydrogens (tertiary/aromatic N) is 1. The van der Waals surface area contributed by atoms with Crippen molar-refractivity contribution in [2.45, 2.75) is 19.1 Å². The number of nitrogens with one attached hydrogen (secondary N) is 1. The number of hydrogen-bond donors (Lipinski definition) is 1. The Kier molecular flexibility index (Phi) is 5.92. The van der Waals surface area contributed by atoms with Crippen LogP contribution in [0.2, 0.25) is 0 Å². The van der Waals surface area contributed by atoms with Gasteiger partial charge in [-0.15, -0.1) is 0 Å². The van der Waals surface area contributed by atoms with Crippen molar-refractivity contribution in [3.63, 3.8) is 0 Å². The number of carbonyl (C=O) groups is 2. The van der Waals surface area contributed by atoms with Crippen molar-refractivity contribution >= 4 is 23.8 Å². The number of carbonyl (C=O) groups excluding carboxylic acids is 2. The zero-order valence-electron chi connectivity index (χ0n) is 12.1. The quantitative estimate of drug-likeness (QED) is 0.902. The maximum atomic E-state index is 12.2. The second kappa shape index (κ2) is 7.93. The summed E-state index contributed by atoms with van der Waals surface area (Å²) < 4.78 is 5.33. The van der Waals surface area contributed by atoms with Gasteiger partial charge in [0, 0.05) is 13.1 Å². The van der Waals surface area contributed by atoms with Gasteiger partial charge in [0.05, 0.1) is 0 Å². The average Bonchev–Trinajstić information content (AvgIpc) is 2.52. The van der Waals surface area contributed by atoms with Gasteiger partial charge in [-0.2, -0.15) is 11.8 Å². The van der Waals surface area contributed by atoms with Gasteiger partial charge in [-0.1, -0.05) is 30.3 Å². The van der Waals surface area contributed by atoms with Crippen LogP contribution in [0.3, 0.4) is 0 Å². The van der Waals surface area contributed by atoms with Gasteiger partial charge in [0.1, 0.15) is 12.6 Å². The summed E-state index contributed by atoms with van der Waals surface area (Å²) in [7, 11) is 0. The lowest BCUT2D eigenvalue weighted by Crippen LogP contribution is -2.57. The molecule has 21 heavy (non-hydrogen) atoms. The van der Waals surface area contributed by atoms with Crippen molar-refractivity contribution in [2.75, 3.05) is 25.1 Å². The van der Waals surface area contributed by atoms with Gasteiger partial charge in [0.25, 0.3) is 0 Å². The van der Waals surface area contributed by atoms with E-state index < -0.39 is 12.1 Å². The minimum Gasteiger partial charge on any atom is -0.445 e. The summed E-state index contributed by atoms with van der Waals surface area (Å²) in [6.45, 7) is 1.21. The first-order valence-corrected chi connectivity index (χ1v) is 8.35. The first kappa shape index (κ1) is 15.7. The van der Waals surface area contributed by atoms with E-state index in [4.69, 9.17) is 4.74 Å².